The summed E-state index contributed by atoms with van der Waals surface area (Å²) in [6.45, 7) is 1.90. The van der Waals surface area contributed by atoms with Crippen molar-refractivity contribution in [3.8, 4) is 11.4 Å². The number of benzene rings is 1. The third-order valence-corrected chi connectivity index (χ3v) is 3.12. The van der Waals surface area contributed by atoms with Crippen molar-refractivity contribution < 1.29 is 4.79 Å². The number of H-pyrrole nitrogens is 2. The van der Waals surface area contributed by atoms with Crippen LogP contribution in [0.25, 0.3) is 11.4 Å². The molecular formula is C13H13N7O. The summed E-state index contributed by atoms with van der Waals surface area (Å²) in [6, 6.07) is 6.89. The minimum absolute atomic E-state index is 0.117. The van der Waals surface area contributed by atoms with Gasteiger partial charge in [-0.15, -0.1) is 10.2 Å². The summed E-state index contributed by atoms with van der Waals surface area (Å²) in [5.41, 5.74) is 2.28. The minimum Gasteiger partial charge on any atom is -0.345 e. The normalized spacial score (nSPS) is 12.0. The quantitative estimate of drug-likeness (QED) is 0.663. The number of aromatic nitrogens is 6. The van der Waals surface area contributed by atoms with Gasteiger partial charge in [-0.2, -0.15) is 10.3 Å². The Kier molecular flexibility index (Phi) is 3.42. The molecule has 1 atom stereocenters. The molecule has 0 bridgehead atoms. The molecule has 8 nitrogen and oxygen atoms in total. The third-order valence-electron chi connectivity index (χ3n) is 3.12. The first kappa shape index (κ1) is 13.0. The van der Waals surface area contributed by atoms with Gasteiger partial charge in [0.25, 0.3) is 5.91 Å². The second kappa shape index (κ2) is 5.53. The average Bonchev–Trinajstić information content (AvgIpc) is 3.20. The van der Waals surface area contributed by atoms with Gasteiger partial charge < -0.3 is 5.32 Å². The van der Waals surface area contributed by atoms with Gasteiger partial charge in [0.2, 0.25) is 5.82 Å². The van der Waals surface area contributed by atoms with E-state index in [1.807, 2.05) is 6.92 Å². The van der Waals surface area contributed by atoms with Crippen LogP contribution in [0.15, 0.2) is 36.7 Å². The van der Waals surface area contributed by atoms with Crippen molar-refractivity contribution >= 4 is 5.91 Å². The van der Waals surface area contributed by atoms with Gasteiger partial charge in [-0.25, -0.2) is 0 Å². The molecule has 0 aliphatic carbocycles. The Hall–Kier alpha value is -3.03. The standard InChI is InChI=1S/C13H13N7O/c1-8(11-6-14-15-7-11)16-13(21)10-4-2-9(3-5-10)12-17-19-20-18-12/h2-8H,1H3,(H,14,15)(H,16,21)(H,17,18,19,20). The van der Waals surface area contributed by atoms with Gasteiger partial charge in [0.05, 0.1) is 12.2 Å². The van der Waals surface area contributed by atoms with Gasteiger partial charge in [-0.3, -0.25) is 9.89 Å². The third kappa shape index (κ3) is 2.78. The molecule has 3 aromatic rings. The van der Waals surface area contributed by atoms with E-state index in [2.05, 4.69) is 36.1 Å². The highest BCUT2D eigenvalue weighted by atomic mass is 16.1. The molecule has 3 N–H and O–H groups in total. The number of carbonyl (C=O) groups is 1. The maximum Gasteiger partial charge on any atom is 0.251 e. The van der Waals surface area contributed by atoms with Crippen LogP contribution in [-0.2, 0) is 0 Å². The molecule has 1 aromatic carbocycles. The van der Waals surface area contributed by atoms with Crippen LogP contribution in [0.4, 0.5) is 0 Å². The average molecular weight is 283 g/mol. The van der Waals surface area contributed by atoms with Crippen molar-refractivity contribution in [1.29, 1.82) is 0 Å². The Labute approximate surface area is 120 Å². The molecule has 1 unspecified atom stereocenters. The van der Waals surface area contributed by atoms with E-state index < -0.39 is 0 Å². The molecule has 8 heteroatoms. The summed E-state index contributed by atoms with van der Waals surface area (Å²) in [6.07, 6.45) is 3.44. The maximum atomic E-state index is 12.2. The van der Waals surface area contributed by atoms with Crippen molar-refractivity contribution in [2.24, 2.45) is 0 Å². The van der Waals surface area contributed by atoms with Crippen LogP contribution in [0.2, 0.25) is 0 Å². The highest BCUT2D eigenvalue weighted by molar-refractivity contribution is 5.94. The van der Waals surface area contributed by atoms with E-state index in [1.165, 1.54) is 0 Å². The first-order valence-electron chi connectivity index (χ1n) is 6.37. The van der Waals surface area contributed by atoms with E-state index >= 15 is 0 Å². The van der Waals surface area contributed by atoms with Crippen molar-refractivity contribution in [3.05, 3.63) is 47.8 Å². The first-order valence-corrected chi connectivity index (χ1v) is 6.37. The highest BCUT2D eigenvalue weighted by Gasteiger charge is 2.12. The van der Waals surface area contributed by atoms with Gasteiger partial charge >= 0.3 is 0 Å². The molecule has 1 amide bonds. The van der Waals surface area contributed by atoms with E-state index in [-0.39, 0.29) is 11.9 Å². The predicted molar refractivity (Wildman–Crippen MR) is 74.1 cm³/mol. The zero-order valence-electron chi connectivity index (χ0n) is 11.2. The molecule has 106 valence electrons. The number of hydrogen-bond acceptors (Lipinski definition) is 5. The molecule has 0 fully saturated rings. The van der Waals surface area contributed by atoms with Crippen LogP contribution < -0.4 is 5.32 Å². The fraction of sp³-hybridized carbons (Fsp3) is 0.154. The molecule has 0 aliphatic rings. The summed E-state index contributed by atoms with van der Waals surface area (Å²) < 4.78 is 0. The topological polar surface area (TPSA) is 112 Å². The fourth-order valence-corrected chi connectivity index (χ4v) is 1.92. The second-order valence-electron chi connectivity index (χ2n) is 4.54. The predicted octanol–water partition coefficient (Wildman–Crippen LogP) is 1.08. The lowest BCUT2D eigenvalue weighted by atomic mass is 10.1. The van der Waals surface area contributed by atoms with E-state index in [0.29, 0.717) is 11.4 Å². The Morgan fingerprint density at radius 2 is 2.10 bits per heavy atom. The van der Waals surface area contributed by atoms with E-state index in [4.69, 9.17) is 0 Å². The number of rotatable bonds is 4. The lowest BCUT2D eigenvalue weighted by molar-refractivity contribution is 0.0940. The van der Waals surface area contributed by atoms with Crippen LogP contribution in [0.5, 0.6) is 0 Å². The van der Waals surface area contributed by atoms with E-state index in [1.54, 1.807) is 36.7 Å². The van der Waals surface area contributed by atoms with Crippen LogP contribution in [0, 0.1) is 0 Å². The van der Waals surface area contributed by atoms with Gasteiger partial charge in [-0.05, 0) is 24.3 Å². The minimum atomic E-state index is -0.150. The van der Waals surface area contributed by atoms with Crippen molar-refractivity contribution in [3.63, 3.8) is 0 Å². The fourth-order valence-electron chi connectivity index (χ4n) is 1.92. The Morgan fingerprint density at radius 3 is 2.71 bits per heavy atom. The number of tetrazole rings is 1. The summed E-state index contributed by atoms with van der Waals surface area (Å²) in [7, 11) is 0. The molecule has 0 saturated carbocycles. The Bertz CT molecular complexity index is 704. The van der Waals surface area contributed by atoms with Crippen molar-refractivity contribution in [2.75, 3.05) is 0 Å². The number of aromatic amines is 2. The van der Waals surface area contributed by atoms with Gasteiger partial charge in [-0.1, -0.05) is 12.1 Å². The molecule has 2 heterocycles. The Balaban J connectivity index is 1.70. The monoisotopic (exact) mass is 283 g/mol. The lowest BCUT2D eigenvalue weighted by Gasteiger charge is -2.12. The van der Waals surface area contributed by atoms with Crippen LogP contribution >= 0.6 is 0 Å². The molecule has 0 radical (unpaired) electrons. The summed E-state index contributed by atoms with van der Waals surface area (Å²) in [5, 5.41) is 23.1. The molecule has 21 heavy (non-hydrogen) atoms. The first-order chi connectivity index (χ1) is 10.2. The SMILES string of the molecule is CC(NC(=O)c1ccc(-c2nn[nH]n2)cc1)c1cn[nH]c1. The number of nitrogens with zero attached hydrogens (tertiary/aromatic N) is 4. The molecule has 0 saturated heterocycles. The van der Waals surface area contributed by atoms with Crippen molar-refractivity contribution in [1.82, 2.24) is 36.1 Å². The zero-order valence-corrected chi connectivity index (χ0v) is 11.2. The molecule has 0 spiro atoms. The maximum absolute atomic E-state index is 12.2. The summed E-state index contributed by atoms with van der Waals surface area (Å²) >= 11 is 0. The van der Waals surface area contributed by atoms with E-state index in [9.17, 15) is 4.79 Å². The van der Waals surface area contributed by atoms with Crippen LogP contribution in [0.3, 0.4) is 0 Å². The molecule has 2 aromatic heterocycles. The number of nitrogens with one attached hydrogen (secondary N) is 3. The van der Waals surface area contributed by atoms with Gasteiger partial charge in [0, 0.05) is 22.9 Å². The number of hydrogen-bond donors (Lipinski definition) is 3. The zero-order chi connectivity index (χ0) is 14.7. The molecular weight excluding hydrogens is 270 g/mol. The number of amides is 1. The largest absolute Gasteiger partial charge is 0.345 e. The molecule has 3 rings (SSSR count). The number of carbonyl (C=O) groups excluding carboxylic acids is 1. The second-order valence-corrected chi connectivity index (χ2v) is 4.54. The lowest BCUT2D eigenvalue weighted by Crippen LogP contribution is -2.26. The van der Waals surface area contributed by atoms with Crippen LogP contribution in [-0.4, -0.2) is 36.7 Å². The smallest absolute Gasteiger partial charge is 0.251 e. The van der Waals surface area contributed by atoms with Crippen molar-refractivity contribution in [2.45, 2.75) is 13.0 Å². The van der Waals surface area contributed by atoms with Gasteiger partial charge in [0.15, 0.2) is 0 Å². The molecule has 0 aliphatic heterocycles. The summed E-state index contributed by atoms with van der Waals surface area (Å²) in [5.74, 6) is 0.345. The summed E-state index contributed by atoms with van der Waals surface area (Å²) in [4.78, 5) is 12.2. The van der Waals surface area contributed by atoms with Crippen LogP contribution in [0.1, 0.15) is 28.9 Å². The van der Waals surface area contributed by atoms with E-state index in [0.717, 1.165) is 11.1 Å². The highest BCUT2D eigenvalue weighted by Crippen LogP contribution is 2.15. The van der Waals surface area contributed by atoms with Gasteiger partial charge in [0.1, 0.15) is 0 Å². The Morgan fingerprint density at radius 1 is 1.29 bits per heavy atom.